The number of aliphatic carboxylic acids is 1. The molecule has 0 aliphatic heterocycles. The van der Waals surface area contributed by atoms with E-state index < -0.39 is 5.97 Å². The number of aromatic hydroxyl groups is 1. The normalized spacial score (nSPS) is 10.1. The molecule has 5 heteroatoms. The molecule has 1 amide bonds. The Bertz CT molecular complexity index is 431. The second-order valence-electron chi connectivity index (χ2n) is 4.17. The van der Waals surface area contributed by atoms with Gasteiger partial charge in [-0.2, -0.15) is 0 Å². The Labute approximate surface area is 106 Å². The molecule has 0 radical (unpaired) electrons. The second kappa shape index (κ2) is 6.64. The van der Waals surface area contributed by atoms with Crippen LogP contribution in [-0.4, -0.2) is 34.0 Å². The first kappa shape index (κ1) is 14.0. The minimum Gasteiger partial charge on any atom is -0.508 e. The Hall–Kier alpha value is -2.04. The molecule has 98 valence electrons. The van der Waals surface area contributed by atoms with Crippen LogP contribution in [0.15, 0.2) is 24.3 Å². The molecular weight excluding hydrogens is 234 g/mol. The predicted molar refractivity (Wildman–Crippen MR) is 66.1 cm³/mol. The number of rotatable bonds is 6. The molecule has 2 N–H and O–H groups in total. The highest BCUT2D eigenvalue weighted by atomic mass is 16.4. The van der Waals surface area contributed by atoms with Gasteiger partial charge in [-0.3, -0.25) is 9.59 Å². The van der Waals surface area contributed by atoms with Crippen molar-refractivity contribution < 1.29 is 19.8 Å². The molecule has 0 aliphatic rings. The van der Waals surface area contributed by atoms with Crippen molar-refractivity contribution in [2.45, 2.75) is 25.8 Å². The summed E-state index contributed by atoms with van der Waals surface area (Å²) in [6, 6.07) is 6.70. The van der Waals surface area contributed by atoms with Gasteiger partial charge in [-0.15, -0.1) is 0 Å². The van der Waals surface area contributed by atoms with E-state index in [1.807, 2.05) is 6.07 Å². The lowest BCUT2D eigenvalue weighted by Gasteiger charge is -2.17. The first-order valence-corrected chi connectivity index (χ1v) is 5.72. The third-order valence-corrected chi connectivity index (χ3v) is 2.54. The summed E-state index contributed by atoms with van der Waals surface area (Å²) < 4.78 is 0. The van der Waals surface area contributed by atoms with Crippen molar-refractivity contribution >= 4 is 11.9 Å². The minimum atomic E-state index is -0.890. The van der Waals surface area contributed by atoms with Crippen LogP contribution >= 0.6 is 0 Å². The molecule has 0 bridgehead atoms. The van der Waals surface area contributed by atoms with E-state index in [4.69, 9.17) is 5.11 Å². The maximum Gasteiger partial charge on any atom is 0.303 e. The highest BCUT2D eigenvalue weighted by Gasteiger charge is 2.10. The Morgan fingerprint density at radius 2 is 2.00 bits per heavy atom. The summed E-state index contributed by atoms with van der Waals surface area (Å²) in [5, 5.41) is 17.8. The molecular formula is C13H17NO4. The molecule has 0 saturated carbocycles. The summed E-state index contributed by atoms with van der Waals surface area (Å²) in [7, 11) is 1.66. The van der Waals surface area contributed by atoms with Crippen molar-refractivity contribution in [2.75, 3.05) is 7.05 Å². The lowest BCUT2D eigenvalue weighted by atomic mass is 10.2. The molecule has 1 aromatic carbocycles. The van der Waals surface area contributed by atoms with E-state index in [1.165, 1.54) is 4.90 Å². The van der Waals surface area contributed by atoms with E-state index in [-0.39, 0.29) is 24.5 Å². The van der Waals surface area contributed by atoms with Crippen LogP contribution in [0, 0.1) is 0 Å². The number of carbonyl (C=O) groups excluding carboxylic acids is 1. The summed E-state index contributed by atoms with van der Waals surface area (Å²) in [5.41, 5.74) is 0.837. The molecule has 0 atom stereocenters. The topological polar surface area (TPSA) is 77.8 Å². The van der Waals surface area contributed by atoms with Crippen LogP contribution in [0.25, 0.3) is 0 Å². The number of carboxylic acid groups (broad SMARTS) is 1. The fraction of sp³-hybridized carbons (Fsp3) is 0.385. The van der Waals surface area contributed by atoms with E-state index in [0.29, 0.717) is 13.0 Å². The lowest BCUT2D eigenvalue weighted by molar-refractivity contribution is -0.137. The smallest absolute Gasteiger partial charge is 0.303 e. The molecule has 1 rings (SSSR count). The molecule has 5 nitrogen and oxygen atoms in total. The average molecular weight is 251 g/mol. The summed E-state index contributed by atoms with van der Waals surface area (Å²) in [6.07, 6.45) is 0.575. The van der Waals surface area contributed by atoms with E-state index in [2.05, 4.69) is 0 Å². The number of nitrogens with zero attached hydrogens (tertiary/aromatic N) is 1. The van der Waals surface area contributed by atoms with Crippen molar-refractivity contribution in [3.8, 4) is 5.75 Å². The molecule has 0 fully saturated rings. The average Bonchev–Trinajstić information content (AvgIpc) is 2.28. The fourth-order valence-corrected chi connectivity index (χ4v) is 1.60. The minimum absolute atomic E-state index is 0.00566. The van der Waals surface area contributed by atoms with Crippen molar-refractivity contribution in [1.82, 2.24) is 4.90 Å². The number of phenols is 1. The third kappa shape index (κ3) is 4.86. The third-order valence-electron chi connectivity index (χ3n) is 2.54. The van der Waals surface area contributed by atoms with Crippen LogP contribution in [0.3, 0.4) is 0 Å². The first-order valence-electron chi connectivity index (χ1n) is 5.72. The molecule has 0 heterocycles. The van der Waals surface area contributed by atoms with E-state index in [1.54, 1.807) is 25.2 Å². The Balaban J connectivity index is 2.42. The van der Waals surface area contributed by atoms with Gasteiger partial charge in [0.15, 0.2) is 0 Å². The number of benzene rings is 1. The van der Waals surface area contributed by atoms with Gasteiger partial charge in [0, 0.05) is 26.4 Å². The first-order chi connectivity index (χ1) is 8.49. The van der Waals surface area contributed by atoms with Crippen LogP contribution in [0.2, 0.25) is 0 Å². The van der Waals surface area contributed by atoms with E-state index in [0.717, 1.165) is 5.56 Å². The van der Waals surface area contributed by atoms with Crippen molar-refractivity contribution in [3.05, 3.63) is 29.8 Å². The van der Waals surface area contributed by atoms with Crippen LogP contribution in [-0.2, 0) is 16.1 Å². The van der Waals surface area contributed by atoms with Crippen molar-refractivity contribution in [1.29, 1.82) is 0 Å². The summed E-state index contributed by atoms with van der Waals surface area (Å²) in [5.74, 6) is -0.822. The van der Waals surface area contributed by atoms with Gasteiger partial charge in [0.05, 0.1) is 0 Å². The largest absolute Gasteiger partial charge is 0.508 e. The van der Waals surface area contributed by atoms with Crippen LogP contribution < -0.4 is 0 Å². The molecule has 0 spiro atoms. The zero-order valence-corrected chi connectivity index (χ0v) is 10.3. The monoisotopic (exact) mass is 251 g/mol. The molecule has 0 aliphatic carbocycles. The van der Waals surface area contributed by atoms with Gasteiger partial charge in [0.2, 0.25) is 5.91 Å². The van der Waals surface area contributed by atoms with Gasteiger partial charge in [0.1, 0.15) is 5.75 Å². The standard InChI is InChI=1S/C13H17NO4/c1-14(12(16)6-3-7-13(17)18)9-10-4-2-5-11(15)8-10/h2,4-5,8,15H,3,6-7,9H2,1H3,(H,17,18). The van der Waals surface area contributed by atoms with Crippen LogP contribution in [0.4, 0.5) is 0 Å². The Morgan fingerprint density at radius 1 is 1.28 bits per heavy atom. The summed E-state index contributed by atoms with van der Waals surface area (Å²) in [4.78, 5) is 23.5. The summed E-state index contributed by atoms with van der Waals surface area (Å²) in [6.45, 7) is 0.403. The molecule has 0 saturated heterocycles. The summed E-state index contributed by atoms with van der Waals surface area (Å²) >= 11 is 0. The molecule has 0 aromatic heterocycles. The lowest BCUT2D eigenvalue weighted by Crippen LogP contribution is -2.25. The van der Waals surface area contributed by atoms with Crippen LogP contribution in [0.1, 0.15) is 24.8 Å². The van der Waals surface area contributed by atoms with Crippen molar-refractivity contribution in [2.24, 2.45) is 0 Å². The van der Waals surface area contributed by atoms with E-state index in [9.17, 15) is 14.7 Å². The van der Waals surface area contributed by atoms with Crippen LogP contribution in [0.5, 0.6) is 5.75 Å². The predicted octanol–water partition coefficient (Wildman–Crippen LogP) is 1.61. The molecule has 1 aromatic rings. The Morgan fingerprint density at radius 3 is 2.61 bits per heavy atom. The SMILES string of the molecule is CN(Cc1cccc(O)c1)C(=O)CCCC(=O)O. The fourth-order valence-electron chi connectivity index (χ4n) is 1.60. The number of carbonyl (C=O) groups is 2. The number of amides is 1. The quantitative estimate of drug-likeness (QED) is 0.805. The van der Waals surface area contributed by atoms with Gasteiger partial charge in [-0.05, 0) is 24.1 Å². The van der Waals surface area contributed by atoms with Gasteiger partial charge in [-0.25, -0.2) is 0 Å². The van der Waals surface area contributed by atoms with Crippen molar-refractivity contribution in [3.63, 3.8) is 0 Å². The molecule has 18 heavy (non-hydrogen) atoms. The number of hydrogen-bond acceptors (Lipinski definition) is 3. The zero-order chi connectivity index (χ0) is 13.5. The van der Waals surface area contributed by atoms with E-state index >= 15 is 0 Å². The maximum atomic E-state index is 11.7. The molecule has 0 unspecified atom stereocenters. The highest BCUT2D eigenvalue weighted by Crippen LogP contribution is 2.13. The van der Waals surface area contributed by atoms with Gasteiger partial charge in [0.25, 0.3) is 0 Å². The number of hydrogen-bond donors (Lipinski definition) is 2. The highest BCUT2D eigenvalue weighted by molar-refractivity contribution is 5.76. The van der Waals surface area contributed by atoms with Gasteiger partial charge >= 0.3 is 5.97 Å². The zero-order valence-electron chi connectivity index (χ0n) is 10.3. The Kier molecular flexibility index (Phi) is 5.17. The van der Waals surface area contributed by atoms with Gasteiger partial charge < -0.3 is 15.1 Å². The number of phenolic OH excluding ortho intramolecular Hbond substituents is 1. The van der Waals surface area contributed by atoms with Gasteiger partial charge in [-0.1, -0.05) is 12.1 Å². The number of carboxylic acids is 1. The second-order valence-corrected chi connectivity index (χ2v) is 4.17. The maximum absolute atomic E-state index is 11.7.